The highest BCUT2D eigenvalue weighted by Gasteiger charge is 2.32. The Bertz CT molecular complexity index is 197. The number of rotatable bonds is 3. The number of hydrogen-bond donors (Lipinski definition) is 0. The maximum atomic E-state index is 11.5. The predicted octanol–water partition coefficient (Wildman–Crippen LogP) is 2.95. The van der Waals surface area contributed by atoms with Crippen LogP contribution in [0.2, 0.25) is 0 Å². The molecule has 0 spiro atoms. The molecule has 0 radical (unpaired) electrons. The van der Waals surface area contributed by atoms with Gasteiger partial charge in [0.1, 0.15) is 6.10 Å². The van der Waals surface area contributed by atoms with Crippen molar-refractivity contribution in [2.75, 3.05) is 0 Å². The molecule has 2 heteroatoms. The van der Waals surface area contributed by atoms with Gasteiger partial charge in [0.2, 0.25) is 0 Å². The van der Waals surface area contributed by atoms with Gasteiger partial charge in [-0.25, -0.2) is 0 Å². The lowest BCUT2D eigenvalue weighted by molar-refractivity contribution is -0.144. The van der Waals surface area contributed by atoms with Crippen LogP contribution < -0.4 is 0 Å². The molecule has 1 atom stereocenters. The van der Waals surface area contributed by atoms with E-state index in [0.717, 1.165) is 12.8 Å². The monoisotopic (exact) mass is 198 g/mol. The third-order valence-electron chi connectivity index (χ3n) is 2.71. The molecule has 2 nitrogen and oxygen atoms in total. The fourth-order valence-electron chi connectivity index (χ4n) is 2.15. The first-order valence-corrected chi connectivity index (χ1v) is 5.58. The number of hydrogen-bond acceptors (Lipinski definition) is 2. The maximum Gasteiger partial charge on any atom is 0.158 e. The molecule has 0 N–H and O–H groups in total. The summed E-state index contributed by atoms with van der Waals surface area (Å²) in [6, 6.07) is 0. The van der Waals surface area contributed by atoms with E-state index in [2.05, 4.69) is 0 Å². The van der Waals surface area contributed by atoms with Crippen LogP contribution in [0.15, 0.2) is 0 Å². The van der Waals surface area contributed by atoms with Crippen molar-refractivity contribution in [2.24, 2.45) is 5.92 Å². The fraction of sp³-hybridized carbons (Fsp3) is 0.917. The van der Waals surface area contributed by atoms with Gasteiger partial charge in [0.15, 0.2) is 5.78 Å². The predicted molar refractivity (Wildman–Crippen MR) is 57.3 cm³/mol. The third-order valence-corrected chi connectivity index (χ3v) is 2.71. The molecule has 14 heavy (non-hydrogen) atoms. The molecule has 0 amide bonds. The summed E-state index contributed by atoms with van der Waals surface area (Å²) in [6.45, 7) is 7.68. The van der Waals surface area contributed by atoms with E-state index in [9.17, 15) is 4.79 Å². The summed E-state index contributed by atoms with van der Waals surface area (Å²) in [4.78, 5) is 11.5. The van der Waals surface area contributed by atoms with E-state index in [1.165, 1.54) is 12.8 Å². The number of ether oxygens (including phenoxy) is 1. The van der Waals surface area contributed by atoms with Crippen LogP contribution in [-0.4, -0.2) is 17.5 Å². The van der Waals surface area contributed by atoms with Gasteiger partial charge in [-0.15, -0.1) is 0 Å². The van der Waals surface area contributed by atoms with E-state index in [1.54, 1.807) is 6.92 Å². The third kappa shape index (κ3) is 3.41. The van der Waals surface area contributed by atoms with Crippen molar-refractivity contribution in [3.63, 3.8) is 0 Å². The van der Waals surface area contributed by atoms with Crippen molar-refractivity contribution >= 4 is 5.78 Å². The molecule has 1 aliphatic rings. The normalized spacial score (nSPS) is 21.1. The average Bonchev–Trinajstić information content (AvgIpc) is 2.49. The maximum absolute atomic E-state index is 11.5. The summed E-state index contributed by atoms with van der Waals surface area (Å²) in [7, 11) is 0. The van der Waals surface area contributed by atoms with Crippen LogP contribution in [-0.2, 0) is 9.53 Å². The summed E-state index contributed by atoms with van der Waals surface area (Å²) in [6.07, 6.45) is 4.64. The van der Waals surface area contributed by atoms with E-state index in [0.29, 0.717) is 5.92 Å². The minimum Gasteiger partial charge on any atom is -0.365 e. The van der Waals surface area contributed by atoms with E-state index < -0.39 is 0 Å². The molecule has 0 heterocycles. The van der Waals surface area contributed by atoms with Gasteiger partial charge in [-0.2, -0.15) is 0 Å². The quantitative estimate of drug-likeness (QED) is 0.697. The molecular weight excluding hydrogens is 176 g/mol. The van der Waals surface area contributed by atoms with Crippen LogP contribution in [0.4, 0.5) is 0 Å². The van der Waals surface area contributed by atoms with Gasteiger partial charge >= 0.3 is 0 Å². The highest BCUT2D eigenvalue weighted by molar-refractivity contribution is 5.80. The van der Waals surface area contributed by atoms with Gasteiger partial charge in [-0.05, 0) is 46.5 Å². The molecule has 1 saturated carbocycles. The molecule has 0 saturated heterocycles. The second-order valence-corrected chi connectivity index (χ2v) is 5.31. The summed E-state index contributed by atoms with van der Waals surface area (Å²) < 4.78 is 5.83. The molecule has 1 fully saturated rings. The van der Waals surface area contributed by atoms with Crippen molar-refractivity contribution < 1.29 is 9.53 Å². The first-order chi connectivity index (χ1) is 6.40. The second kappa shape index (κ2) is 4.43. The highest BCUT2D eigenvalue weighted by Crippen LogP contribution is 2.31. The lowest BCUT2D eigenvalue weighted by Gasteiger charge is -2.29. The first-order valence-electron chi connectivity index (χ1n) is 5.58. The Morgan fingerprint density at radius 1 is 1.29 bits per heavy atom. The highest BCUT2D eigenvalue weighted by atomic mass is 16.5. The molecule has 0 aromatic rings. The van der Waals surface area contributed by atoms with Crippen molar-refractivity contribution in [3.05, 3.63) is 0 Å². The molecule has 1 rings (SSSR count). The molecule has 0 aromatic heterocycles. The van der Waals surface area contributed by atoms with Gasteiger partial charge in [-0.3, -0.25) is 4.79 Å². The average molecular weight is 198 g/mol. The molecule has 1 aliphatic carbocycles. The summed E-state index contributed by atoms with van der Waals surface area (Å²) in [5.74, 6) is 0.651. The van der Waals surface area contributed by atoms with E-state index in [4.69, 9.17) is 4.74 Å². The molecule has 0 aromatic carbocycles. The van der Waals surface area contributed by atoms with Gasteiger partial charge in [0, 0.05) is 0 Å². The Kier molecular flexibility index (Phi) is 3.71. The smallest absolute Gasteiger partial charge is 0.158 e. The van der Waals surface area contributed by atoms with Crippen LogP contribution >= 0.6 is 0 Å². The Labute approximate surface area is 87.0 Å². The topological polar surface area (TPSA) is 26.3 Å². The largest absolute Gasteiger partial charge is 0.365 e. The van der Waals surface area contributed by atoms with Gasteiger partial charge in [-0.1, -0.05) is 12.8 Å². The molecule has 0 aliphatic heterocycles. The van der Waals surface area contributed by atoms with E-state index in [1.807, 2.05) is 20.8 Å². The Morgan fingerprint density at radius 3 is 2.14 bits per heavy atom. The minimum absolute atomic E-state index is 0.169. The molecule has 82 valence electrons. The van der Waals surface area contributed by atoms with Gasteiger partial charge < -0.3 is 4.74 Å². The number of carbonyl (C=O) groups excluding carboxylic acids is 1. The lowest BCUT2D eigenvalue weighted by Crippen LogP contribution is -2.36. The Hall–Kier alpha value is -0.370. The zero-order valence-corrected chi connectivity index (χ0v) is 9.80. The second-order valence-electron chi connectivity index (χ2n) is 5.31. The molecule has 1 unspecified atom stereocenters. The summed E-state index contributed by atoms with van der Waals surface area (Å²) >= 11 is 0. The van der Waals surface area contributed by atoms with Crippen LogP contribution in [0.25, 0.3) is 0 Å². The van der Waals surface area contributed by atoms with Crippen LogP contribution in [0.5, 0.6) is 0 Å². The molecule has 0 bridgehead atoms. The van der Waals surface area contributed by atoms with E-state index >= 15 is 0 Å². The van der Waals surface area contributed by atoms with E-state index in [-0.39, 0.29) is 17.5 Å². The zero-order chi connectivity index (χ0) is 10.8. The zero-order valence-electron chi connectivity index (χ0n) is 9.80. The standard InChI is InChI=1S/C12H22O2/c1-9(13)11(14-12(2,3)4)10-7-5-6-8-10/h10-11H,5-8H2,1-4H3. The van der Waals surface area contributed by atoms with Gasteiger partial charge in [0.05, 0.1) is 5.60 Å². The number of Topliss-reactive ketones (excluding diaryl/α,β-unsaturated/α-hetero) is 1. The van der Waals surface area contributed by atoms with Crippen LogP contribution in [0.3, 0.4) is 0 Å². The Balaban J connectivity index is 2.59. The summed E-state index contributed by atoms with van der Waals surface area (Å²) in [5.41, 5.74) is -0.209. The Morgan fingerprint density at radius 2 is 1.79 bits per heavy atom. The van der Waals surface area contributed by atoms with Crippen molar-refractivity contribution in [2.45, 2.75) is 65.1 Å². The SMILES string of the molecule is CC(=O)C(OC(C)(C)C)C1CCCC1. The lowest BCUT2D eigenvalue weighted by atomic mass is 9.97. The fourth-order valence-corrected chi connectivity index (χ4v) is 2.15. The van der Waals surface area contributed by atoms with Crippen molar-refractivity contribution in [1.29, 1.82) is 0 Å². The van der Waals surface area contributed by atoms with Crippen LogP contribution in [0, 0.1) is 5.92 Å². The summed E-state index contributed by atoms with van der Waals surface area (Å²) in [5, 5.41) is 0. The van der Waals surface area contributed by atoms with Crippen molar-refractivity contribution in [1.82, 2.24) is 0 Å². The minimum atomic E-state index is -0.209. The van der Waals surface area contributed by atoms with Gasteiger partial charge in [0.25, 0.3) is 0 Å². The number of ketones is 1. The first kappa shape index (κ1) is 11.7. The number of carbonyl (C=O) groups is 1. The molecular formula is C12H22O2. The van der Waals surface area contributed by atoms with Crippen molar-refractivity contribution in [3.8, 4) is 0 Å². The van der Waals surface area contributed by atoms with Crippen LogP contribution in [0.1, 0.15) is 53.4 Å².